The number of nitrogens with two attached hydrogens (primary N) is 1. The van der Waals surface area contributed by atoms with E-state index in [0.29, 0.717) is 0 Å². The van der Waals surface area contributed by atoms with Gasteiger partial charge in [0, 0.05) is 46.3 Å². The molecule has 0 saturated carbocycles. The number of aryl methyl sites for hydroxylation is 2. The van der Waals surface area contributed by atoms with E-state index < -0.39 is 0 Å². The summed E-state index contributed by atoms with van der Waals surface area (Å²) < 4.78 is 4.68. The molecule has 52 heavy (non-hydrogen) atoms. The number of likely N-dealkylation sites (N-methyl/N-ethyl adjacent to an activating group) is 1. The van der Waals surface area contributed by atoms with Gasteiger partial charge in [-0.15, -0.1) is 0 Å². The van der Waals surface area contributed by atoms with Crippen LogP contribution in [-0.2, 0) is 7.05 Å². The fourth-order valence-corrected chi connectivity index (χ4v) is 7.00. The van der Waals surface area contributed by atoms with E-state index in [4.69, 9.17) is 5.73 Å². The maximum atomic E-state index is 6.16. The number of benzene rings is 6. The standard InChI is InChI=1S/C25H18N2.C14H20N4.C7H8/c1-26-22-13-7-5-11-18(22)20-15-21-19-12-6-8-14-23(19)27(25(21)16-24(20)26)17-9-3-2-4-10-17;1-16-14(12-8-5-9-17-10-12)18-13(15)11-6-3-2-4-7-11;1-7-5-3-2-4-6-7/h2-16H,1H3;2-9,13-14,16-18H,10,15H2,1H3;2-6H,1H3. The van der Waals surface area contributed by atoms with E-state index >= 15 is 0 Å². The van der Waals surface area contributed by atoms with Crippen molar-refractivity contribution in [2.24, 2.45) is 12.8 Å². The summed E-state index contributed by atoms with van der Waals surface area (Å²) in [5.41, 5.74) is 16.0. The smallest absolute Gasteiger partial charge is 0.0826 e. The number of allylic oxidation sites excluding steroid dienone is 2. The van der Waals surface area contributed by atoms with E-state index in [1.54, 1.807) is 0 Å². The molecule has 0 bridgehead atoms. The second kappa shape index (κ2) is 16.0. The third-order valence-electron chi connectivity index (χ3n) is 9.66. The van der Waals surface area contributed by atoms with Gasteiger partial charge in [-0.2, -0.15) is 0 Å². The number of nitrogens with one attached hydrogen (secondary N) is 3. The molecule has 6 nitrogen and oxygen atoms in total. The summed E-state index contributed by atoms with van der Waals surface area (Å²) in [7, 11) is 4.08. The first kappa shape index (κ1) is 34.5. The molecule has 8 aromatic rings. The minimum atomic E-state index is -0.185. The minimum absolute atomic E-state index is 0.0673. The largest absolute Gasteiger partial charge is 0.387 e. The zero-order valence-electron chi connectivity index (χ0n) is 30.0. The highest BCUT2D eigenvalue weighted by atomic mass is 15.2. The van der Waals surface area contributed by atoms with E-state index in [-0.39, 0.29) is 12.3 Å². The van der Waals surface area contributed by atoms with Gasteiger partial charge in [-0.25, -0.2) is 0 Å². The molecule has 0 amide bonds. The lowest BCUT2D eigenvalue weighted by Crippen LogP contribution is -2.48. The molecule has 3 heterocycles. The summed E-state index contributed by atoms with van der Waals surface area (Å²) in [6, 6.07) is 53.0. The molecule has 0 radical (unpaired) electrons. The van der Waals surface area contributed by atoms with Gasteiger partial charge in [-0.1, -0.05) is 127 Å². The van der Waals surface area contributed by atoms with Crippen LogP contribution in [0.5, 0.6) is 0 Å². The third-order valence-corrected chi connectivity index (χ3v) is 9.66. The van der Waals surface area contributed by atoms with Crippen molar-refractivity contribution < 1.29 is 0 Å². The van der Waals surface area contributed by atoms with Crippen molar-refractivity contribution in [2.75, 3.05) is 13.6 Å². The fourth-order valence-electron chi connectivity index (χ4n) is 7.00. The summed E-state index contributed by atoms with van der Waals surface area (Å²) in [6.07, 6.45) is 5.92. The van der Waals surface area contributed by atoms with Gasteiger partial charge in [0.1, 0.15) is 0 Å². The van der Waals surface area contributed by atoms with E-state index in [0.717, 1.165) is 12.1 Å². The third kappa shape index (κ3) is 7.27. The number of rotatable bonds is 6. The number of aromatic nitrogens is 2. The quantitative estimate of drug-likeness (QED) is 0.132. The highest BCUT2D eigenvalue weighted by molar-refractivity contribution is 6.18. The number of dihydropyridines is 1. The molecule has 0 aliphatic carbocycles. The van der Waals surface area contributed by atoms with Crippen LogP contribution >= 0.6 is 0 Å². The Morgan fingerprint density at radius 1 is 0.635 bits per heavy atom. The first-order chi connectivity index (χ1) is 25.5. The lowest BCUT2D eigenvalue weighted by atomic mass is 10.1. The van der Waals surface area contributed by atoms with E-state index in [9.17, 15) is 0 Å². The second-order valence-corrected chi connectivity index (χ2v) is 13.1. The normalized spacial score (nSPS) is 13.5. The van der Waals surface area contributed by atoms with Crippen LogP contribution in [0.2, 0.25) is 0 Å². The van der Waals surface area contributed by atoms with Crippen molar-refractivity contribution in [3.05, 3.63) is 187 Å². The Kier molecular flexibility index (Phi) is 10.6. The van der Waals surface area contributed by atoms with Crippen molar-refractivity contribution in [3.8, 4) is 5.69 Å². The number of hydrogen-bond acceptors (Lipinski definition) is 4. The average molecular weight is 683 g/mol. The predicted octanol–water partition coefficient (Wildman–Crippen LogP) is 9.25. The molecule has 6 aromatic carbocycles. The zero-order valence-corrected chi connectivity index (χ0v) is 30.0. The maximum absolute atomic E-state index is 6.16. The van der Waals surface area contributed by atoms with Crippen LogP contribution < -0.4 is 21.7 Å². The Hall–Kier alpha value is -5.92. The molecule has 1 aliphatic rings. The molecule has 0 fully saturated rings. The predicted molar refractivity (Wildman–Crippen MR) is 221 cm³/mol. The molecular weight excluding hydrogens is 637 g/mol. The van der Waals surface area contributed by atoms with Crippen molar-refractivity contribution in [1.82, 2.24) is 25.1 Å². The average Bonchev–Trinajstić information content (AvgIpc) is 3.68. The molecule has 6 heteroatoms. The topological polar surface area (TPSA) is 72.0 Å². The van der Waals surface area contributed by atoms with Crippen LogP contribution in [0.4, 0.5) is 0 Å². The Bertz CT molecular complexity index is 2460. The molecular formula is C46H46N6. The second-order valence-electron chi connectivity index (χ2n) is 13.1. The molecule has 1 aliphatic heterocycles. The highest BCUT2D eigenvalue weighted by Gasteiger charge is 2.17. The number of fused-ring (bicyclic) bond motifs is 6. The Morgan fingerprint density at radius 3 is 1.83 bits per heavy atom. The Balaban J connectivity index is 0.000000145. The number of para-hydroxylation sites is 3. The number of hydrogen-bond donors (Lipinski definition) is 4. The lowest BCUT2D eigenvalue weighted by molar-refractivity contribution is 0.434. The van der Waals surface area contributed by atoms with Gasteiger partial charge >= 0.3 is 0 Å². The van der Waals surface area contributed by atoms with Gasteiger partial charge in [0.15, 0.2) is 0 Å². The minimum Gasteiger partial charge on any atom is -0.387 e. The van der Waals surface area contributed by atoms with Crippen LogP contribution in [0.3, 0.4) is 0 Å². The summed E-state index contributed by atoms with van der Waals surface area (Å²) in [5.74, 6) is 0. The van der Waals surface area contributed by atoms with Gasteiger partial charge in [-0.05, 0) is 73.8 Å². The number of nitrogens with zero attached hydrogens (tertiary/aromatic N) is 2. The zero-order chi connectivity index (χ0) is 35.9. The van der Waals surface area contributed by atoms with Crippen molar-refractivity contribution in [3.63, 3.8) is 0 Å². The first-order valence-electron chi connectivity index (χ1n) is 17.8. The maximum Gasteiger partial charge on any atom is 0.0826 e. The van der Waals surface area contributed by atoms with Crippen LogP contribution in [0.25, 0.3) is 49.3 Å². The first-order valence-corrected chi connectivity index (χ1v) is 17.8. The molecule has 0 saturated heterocycles. The van der Waals surface area contributed by atoms with Gasteiger partial charge in [0.2, 0.25) is 0 Å². The van der Waals surface area contributed by atoms with Crippen molar-refractivity contribution >= 4 is 43.6 Å². The highest BCUT2D eigenvalue weighted by Crippen LogP contribution is 2.37. The van der Waals surface area contributed by atoms with E-state index in [2.05, 4.69) is 148 Å². The van der Waals surface area contributed by atoms with Gasteiger partial charge < -0.3 is 25.5 Å². The van der Waals surface area contributed by atoms with Crippen molar-refractivity contribution in [1.29, 1.82) is 0 Å². The SMILES string of the molecule is CNC(NC(N)c1ccccc1)C1=CC=CNC1.Cc1ccccc1.Cn1c2ccccc2c2cc3c4ccccc4n(-c4ccccc4)c3cc21. The van der Waals surface area contributed by atoms with E-state index in [1.165, 1.54) is 60.4 Å². The molecule has 2 aromatic heterocycles. The van der Waals surface area contributed by atoms with Crippen molar-refractivity contribution in [2.45, 2.75) is 19.3 Å². The molecule has 260 valence electrons. The Labute approximate surface area is 305 Å². The fraction of sp³-hybridized carbons (Fsp3) is 0.130. The lowest BCUT2D eigenvalue weighted by Gasteiger charge is -2.26. The van der Waals surface area contributed by atoms with Gasteiger partial charge in [0.25, 0.3) is 0 Å². The summed E-state index contributed by atoms with van der Waals surface area (Å²) in [5, 5.41) is 15.0. The molecule has 9 rings (SSSR count). The summed E-state index contributed by atoms with van der Waals surface area (Å²) in [4.78, 5) is 0. The van der Waals surface area contributed by atoms with Crippen LogP contribution in [0.15, 0.2) is 176 Å². The van der Waals surface area contributed by atoms with Crippen LogP contribution in [0.1, 0.15) is 17.3 Å². The molecule has 2 unspecified atom stereocenters. The molecule has 5 N–H and O–H groups in total. The summed E-state index contributed by atoms with van der Waals surface area (Å²) in [6.45, 7) is 2.91. The van der Waals surface area contributed by atoms with Gasteiger partial charge in [0.05, 0.1) is 28.9 Å². The Morgan fingerprint density at radius 2 is 1.21 bits per heavy atom. The molecule has 2 atom stereocenters. The van der Waals surface area contributed by atoms with Crippen LogP contribution in [0, 0.1) is 6.92 Å². The van der Waals surface area contributed by atoms with Gasteiger partial charge in [-0.3, -0.25) is 5.32 Å². The summed E-state index contributed by atoms with van der Waals surface area (Å²) >= 11 is 0. The van der Waals surface area contributed by atoms with Crippen LogP contribution in [-0.4, -0.2) is 28.9 Å². The monoisotopic (exact) mass is 682 g/mol. The molecule has 0 spiro atoms. The van der Waals surface area contributed by atoms with E-state index in [1.807, 2.05) is 67.9 Å².